The summed E-state index contributed by atoms with van der Waals surface area (Å²) in [5, 5.41) is 12.3. The Bertz CT molecular complexity index is 1330. The lowest BCUT2D eigenvalue weighted by molar-refractivity contribution is -0.135. The molecule has 3 heterocycles. The van der Waals surface area contributed by atoms with Crippen LogP contribution in [0, 0.1) is 13.8 Å². The fourth-order valence-electron chi connectivity index (χ4n) is 4.58. The molecule has 10 nitrogen and oxygen atoms in total. The Morgan fingerprint density at radius 1 is 1.25 bits per heavy atom. The zero-order chi connectivity index (χ0) is 26.0. The lowest BCUT2D eigenvalue weighted by Crippen LogP contribution is -2.47. The van der Waals surface area contributed by atoms with E-state index >= 15 is 0 Å². The molecule has 1 aromatic carbocycles. The minimum absolute atomic E-state index is 0.147. The number of hydrogen-bond donors (Lipinski definition) is 3. The van der Waals surface area contributed by atoms with Crippen LogP contribution in [0.25, 0.3) is 11.0 Å². The van der Waals surface area contributed by atoms with E-state index in [0.29, 0.717) is 43.9 Å². The maximum atomic E-state index is 13.6. The smallest absolute Gasteiger partial charge is 0.271 e. The number of H-pyrrole nitrogens is 1. The molecule has 0 radical (unpaired) electrons. The summed E-state index contributed by atoms with van der Waals surface area (Å²) >= 11 is 0. The predicted octanol–water partition coefficient (Wildman–Crippen LogP) is 1.89. The van der Waals surface area contributed by atoms with Gasteiger partial charge < -0.3 is 25.0 Å². The number of aliphatic hydroxyl groups excluding tert-OH is 1. The summed E-state index contributed by atoms with van der Waals surface area (Å²) in [6.07, 6.45) is 0.867. The average molecular weight is 496 g/mol. The third-order valence-corrected chi connectivity index (χ3v) is 6.38. The van der Waals surface area contributed by atoms with Crippen LogP contribution < -0.4 is 15.6 Å². The van der Waals surface area contributed by atoms with Crippen molar-refractivity contribution in [2.24, 2.45) is 0 Å². The van der Waals surface area contributed by atoms with Crippen LogP contribution in [-0.4, -0.2) is 68.2 Å². The van der Waals surface area contributed by atoms with Crippen molar-refractivity contribution in [1.29, 1.82) is 0 Å². The highest BCUT2D eigenvalue weighted by Crippen LogP contribution is 2.28. The van der Waals surface area contributed by atoms with Gasteiger partial charge in [0.25, 0.3) is 11.5 Å². The van der Waals surface area contributed by atoms with Crippen molar-refractivity contribution < 1.29 is 19.4 Å². The summed E-state index contributed by atoms with van der Waals surface area (Å²) in [4.78, 5) is 47.8. The Balaban J connectivity index is 1.66. The molecule has 0 aliphatic carbocycles. The Kier molecular flexibility index (Phi) is 7.44. The first-order chi connectivity index (χ1) is 17.2. The molecule has 1 aliphatic rings. The first-order valence-electron chi connectivity index (χ1n) is 12.2. The molecule has 1 saturated heterocycles. The van der Waals surface area contributed by atoms with Crippen molar-refractivity contribution in [3.8, 4) is 5.75 Å². The van der Waals surface area contributed by atoms with Gasteiger partial charge in [-0.15, -0.1) is 0 Å². The van der Waals surface area contributed by atoms with E-state index in [1.165, 1.54) is 0 Å². The van der Waals surface area contributed by atoms with E-state index in [9.17, 15) is 14.4 Å². The van der Waals surface area contributed by atoms with Gasteiger partial charge in [-0.2, -0.15) is 0 Å². The number of aliphatic hydroxyl groups is 1. The monoisotopic (exact) mass is 495 g/mol. The molecule has 10 heteroatoms. The maximum Gasteiger partial charge on any atom is 0.271 e. The number of carbonyl (C=O) groups excluding carboxylic acids is 2. The van der Waals surface area contributed by atoms with Gasteiger partial charge in [0.15, 0.2) is 5.75 Å². The van der Waals surface area contributed by atoms with Crippen LogP contribution in [0.15, 0.2) is 29.1 Å². The maximum absolute atomic E-state index is 13.6. The average Bonchev–Trinajstić information content (AvgIpc) is 3.19. The summed E-state index contributed by atoms with van der Waals surface area (Å²) in [6.45, 7) is 8.18. The van der Waals surface area contributed by atoms with Gasteiger partial charge in [-0.1, -0.05) is 29.8 Å². The van der Waals surface area contributed by atoms with E-state index < -0.39 is 12.5 Å². The number of likely N-dealkylation sites (tertiary alicyclic amines) is 1. The van der Waals surface area contributed by atoms with Crippen LogP contribution in [0.1, 0.15) is 54.1 Å². The zero-order valence-electron chi connectivity index (χ0n) is 21.1. The SMILES string of the molecule is Cc1cccc(Cn2c(C)nc3[nH]c(C(=O)NC4CCN(C(=O)CO)CC4)c(OC(C)C)c3c2=O)c1. The largest absolute Gasteiger partial charge is 0.488 e. The Morgan fingerprint density at radius 3 is 2.61 bits per heavy atom. The summed E-state index contributed by atoms with van der Waals surface area (Å²) in [7, 11) is 0. The molecular formula is C26H33N5O5. The van der Waals surface area contributed by atoms with E-state index in [4.69, 9.17) is 9.84 Å². The topological polar surface area (TPSA) is 130 Å². The van der Waals surface area contributed by atoms with Crippen LogP contribution in [0.4, 0.5) is 0 Å². The quantitative estimate of drug-likeness (QED) is 0.459. The van der Waals surface area contributed by atoms with Crippen molar-refractivity contribution in [2.45, 2.75) is 59.2 Å². The third kappa shape index (κ3) is 5.28. The number of ether oxygens (including phenoxy) is 1. The molecule has 36 heavy (non-hydrogen) atoms. The second-order valence-electron chi connectivity index (χ2n) is 9.55. The molecule has 4 rings (SSSR count). The number of hydrogen-bond acceptors (Lipinski definition) is 6. The third-order valence-electron chi connectivity index (χ3n) is 6.38. The fraction of sp³-hybridized carbons (Fsp3) is 0.462. The minimum Gasteiger partial charge on any atom is -0.488 e. The molecule has 3 N–H and O–H groups in total. The highest BCUT2D eigenvalue weighted by Gasteiger charge is 2.28. The lowest BCUT2D eigenvalue weighted by atomic mass is 10.0. The number of carbonyl (C=O) groups is 2. The van der Waals surface area contributed by atoms with Gasteiger partial charge in [-0.05, 0) is 46.1 Å². The number of amides is 2. The van der Waals surface area contributed by atoms with Crippen molar-refractivity contribution in [1.82, 2.24) is 24.8 Å². The van der Waals surface area contributed by atoms with Gasteiger partial charge in [0.2, 0.25) is 5.91 Å². The van der Waals surface area contributed by atoms with E-state index in [1.807, 2.05) is 45.0 Å². The normalized spacial score (nSPS) is 14.4. The van der Waals surface area contributed by atoms with Crippen LogP contribution in [0.3, 0.4) is 0 Å². The van der Waals surface area contributed by atoms with Crippen LogP contribution in [-0.2, 0) is 11.3 Å². The molecular weight excluding hydrogens is 462 g/mol. The standard InChI is InChI=1S/C26H33N5O5/c1-15(2)36-23-21-24(27-17(4)31(26(21)35)13-18-7-5-6-16(3)12-18)29-22(23)25(34)28-19-8-10-30(11-9-19)20(33)14-32/h5-7,12,15,19,29,32H,8-11,13-14H2,1-4H3,(H,28,34). The summed E-state index contributed by atoms with van der Waals surface area (Å²) in [5.41, 5.74) is 2.27. The molecule has 1 fully saturated rings. The molecule has 1 aliphatic heterocycles. The number of nitrogens with one attached hydrogen (secondary N) is 2. The number of rotatable bonds is 7. The summed E-state index contributed by atoms with van der Waals surface area (Å²) in [5.74, 6) is 0.0180. The van der Waals surface area contributed by atoms with Crippen molar-refractivity contribution in [3.05, 3.63) is 57.3 Å². The van der Waals surface area contributed by atoms with Crippen molar-refractivity contribution in [3.63, 3.8) is 0 Å². The minimum atomic E-state index is -0.518. The van der Waals surface area contributed by atoms with Gasteiger partial charge in [0.05, 0.1) is 12.6 Å². The Labute approximate surface area is 209 Å². The summed E-state index contributed by atoms with van der Waals surface area (Å²) in [6, 6.07) is 7.79. The van der Waals surface area contributed by atoms with Gasteiger partial charge in [-0.3, -0.25) is 19.0 Å². The Morgan fingerprint density at radius 2 is 1.97 bits per heavy atom. The van der Waals surface area contributed by atoms with Crippen LogP contribution >= 0.6 is 0 Å². The second kappa shape index (κ2) is 10.5. The first-order valence-corrected chi connectivity index (χ1v) is 12.2. The first kappa shape index (κ1) is 25.4. The van der Waals surface area contributed by atoms with E-state index in [-0.39, 0.29) is 40.4 Å². The highest BCUT2D eigenvalue weighted by molar-refractivity contribution is 6.02. The lowest BCUT2D eigenvalue weighted by Gasteiger charge is -2.32. The molecule has 0 unspecified atom stereocenters. The number of aromatic amines is 1. The molecule has 192 valence electrons. The molecule has 0 saturated carbocycles. The molecule has 0 atom stereocenters. The van der Waals surface area contributed by atoms with E-state index in [1.54, 1.807) is 16.4 Å². The molecule has 2 aromatic heterocycles. The molecule has 2 amide bonds. The van der Waals surface area contributed by atoms with Gasteiger partial charge in [-0.25, -0.2) is 4.98 Å². The van der Waals surface area contributed by atoms with E-state index in [0.717, 1.165) is 11.1 Å². The Hall–Kier alpha value is -3.66. The van der Waals surface area contributed by atoms with Gasteiger partial charge in [0.1, 0.15) is 29.2 Å². The number of benzene rings is 1. The van der Waals surface area contributed by atoms with Crippen LogP contribution in [0.5, 0.6) is 5.75 Å². The zero-order valence-corrected chi connectivity index (χ0v) is 21.1. The highest BCUT2D eigenvalue weighted by atomic mass is 16.5. The molecule has 0 bridgehead atoms. The van der Waals surface area contributed by atoms with Gasteiger partial charge >= 0.3 is 0 Å². The number of nitrogens with zero attached hydrogens (tertiary/aromatic N) is 3. The number of aromatic nitrogens is 3. The van der Waals surface area contributed by atoms with Crippen molar-refractivity contribution in [2.75, 3.05) is 19.7 Å². The second-order valence-corrected chi connectivity index (χ2v) is 9.55. The van der Waals surface area contributed by atoms with Crippen molar-refractivity contribution >= 4 is 22.8 Å². The number of piperidine rings is 1. The fourth-order valence-corrected chi connectivity index (χ4v) is 4.58. The van der Waals surface area contributed by atoms with Crippen LogP contribution in [0.2, 0.25) is 0 Å². The molecule has 0 spiro atoms. The van der Waals surface area contributed by atoms with E-state index in [2.05, 4.69) is 15.3 Å². The number of fused-ring (bicyclic) bond motifs is 1. The number of aryl methyl sites for hydroxylation is 2. The molecule has 3 aromatic rings. The summed E-state index contributed by atoms with van der Waals surface area (Å²) < 4.78 is 7.58. The van der Waals surface area contributed by atoms with Gasteiger partial charge in [0, 0.05) is 19.1 Å². The predicted molar refractivity (Wildman–Crippen MR) is 135 cm³/mol.